The third kappa shape index (κ3) is 7.11. The Morgan fingerprint density at radius 2 is 2.22 bits per heavy atom. The zero-order valence-corrected chi connectivity index (χ0v) is 17.4. The van der Waals surface area contributed by atoms with E-state index in [0.717, 1.165) is 12.2 Å². The van der Waals surface area contributed by atoms with Gasteiger partial charge in [0.25, 0.3) is 0 Å². The fourth-order valence-corrected chi connectivity index (χ4v) is 4.83. The summed E-state index contributed by atoms with van der Waals surface area (Å²) >= 11 is 0. The van der Waals surface area contributed by atoms with Crippen LogP contribution in [-0.4, -0.2) is 55.0 Å². The van der Waals surface area contributed by atoms with Crippen LogP contribution in [0.5, 0.6) is 0 Å². The molecule has 1 fully saturated rings. The predicted molar refractivity (Wildman–Crippen MR) is 108 cm³/mol. The minimum Gasteiger partial charge on any atom is -0.394 e. The van der Waals surface area contributed by atoms with Crippen molar-refractivity contribution < 1.29 is 19.7 Å². The molecule has 0 saturated carbocycles. The fraction of sp³-hybridized carbons (Fsp3) is 0.706. The maximum Gasteiger partial charge on any atom is 0.351 e. The maximum absolute atomic E-state index is 12.2. The zero-order chi connectivity index (χ0) is 20.0. The Labute approximate surface area is 166 Å². The highest BCUT2D eigenvalue weighted by Gasteiger charge is 2.34. The lowest BCUT2D eigenvalue weighted by Gasteiger charge is -2.16. The summed E-state index contributed by atoms with van der Waals surface area (Å²) in [6, 6.07) is 1.52. The molecule has 1 aromatic heterocycles. The van der Waals surface area contributed by atoms with E-state index in [2.05, 4.69) is 31.1 Å². The zero-order valence-electron chi connectivity index (χ0n) is 15.8. The quantitative estimate of drug-likeness (QED) is 0.433. The van der Waals surface area contributed by atoms with Gasteiger partial charge in [0.15, 0.2) is 0 Å². The van der Waals surface area contributed by atoms with Crippen LogP contribution >= 0.6 is 21.6 Å². The molecule has 2 rings (SSSR count). The molecule has 0 bridgehead atoms. The van der Waals surface area contributed by atoms with Gasteiger partial charge in [0.2, 0.25) is 5.91 Å². The van der Waals surface area contributed by atoms with Gasteiger partial charge in [0.05, 0.1) is 12.7 Å². The molecule has 0 aliphatic carbocycles. The first-order chi connectivity index (χ1) is 12.7. The Balaban J connectivity index is 1.82. The molecule has 27 heavy (non-hydrogen) atoms. The molecule has 1 aromatic rings. The first-order valence-corrected chi connectivity index (χ1v) is 11.2. The number of carbonyl (C=O) groups excluding carboxylic acids is 1. The van der Waals surface area contributed by atoms with Crippen molar-refractivity contribution in [1.29, 1.82) is 0 Å². The molecule has 0 aromatic carbocycles. The van der Waals surface area contributed by atoms with E-state index in [1.54, 1.807) is 21.6 Å². The molecule has 2 heterocycles. The monoisotopic (exact) mass is 417 g/mol. The van der Waals surface area contributed by atoms with Crippen molar-refractivity contribution in [2.24, 2.45) is 0 Å². The summed E-state index contributed by atoms with van der Waals surface area (Å²) in [4.78, 5) is 28.0. The highest BCUT2D eigenvalue weighted by molar-refractivity contribution is 8.77. The van der Waals surface area contributed by atoms with Gasteiger partial charge in [-0.25, -0.2) is 4.79 Å². The number of nitrogens with one attached hydrogen (secondary N) is 1. The Hall–Kier alpha value is -1.07. The lowest BCUT2D eigenvalue weighted by Crippen LogP contribution is -2.28. The second kappa shape index (κ2) is 9.92. The van der Waals surface area contributed by atoms with Crippen molar-refractivity contribution in [3.05, 3.63) is 22.7 Å². The third-order valence-electron chi connectivity index (χ3n) is 3.73. The fourth-order valence-electron chi connectivity index (χ4n) is 2.47. The summed E-state index contributed by atoms with van der Waals surface area (Å²) in [5.74, 6) is 0.877. The van der Waals surface area contributed by atoms with Crippen LogP contribution in [0.15, 0.2) is 17.1 Å². The summed E-state index contributed by atoms with van der Waals surface area (Å²) in [6.45, 7) is 6.12. The molecular weight excluding hydrogens is 390 g/mol. The van der Waals surface area contributed by atoms with Gasteiger partial charge in [0.1, 0.15) is 18.1 Å². The van der Waals surface area contributed by atoms with E-state index in [1.807, 2.05) is 0 Å². The van der Waals surface area contributed by atoms with Gasteiger partial charge in [-0.15, -0.1) is 0 Å². The number of aliphatic hydroxyl groups excluding tert-OH is 2. The standard InChI is InChI=1S/C17H27N3O5S2/c1-17(2,3)27-26-8-4-5-14(23)18-13-6-7-20(16(24)19-13)15-9-11(22)12(10-21)25-15/h6-7,11-12,15,21-22H,4-5,8-10H2,1-3H3,(H,18,19,23,24)/t11?,12-,15-/m1/s1. The number of hydrogen-bond acceptors (Lipinski definition) is 8. The van der Waals surface area contributed by atoms with Crippen LogP contribution < -0.4 is 11.0 Å². The summed E-state index contributed by atoms with van der Waals surface area (Å²) in [5.41, 5.74) is -0.583. The Bertz CT molecular complexity index is 692. The van der Waals surface area contributed by atoms with Crippen LogP contribution in [0.1, 0.15) is 46.3 Å². The van der Waals surface area contributed by atoms with E-state index in [9.17, 15) is 14.7 Å². The molecule has 1 aliphatic heterocycles. The lowest BCUT2D eigenvalue weighted by molar-refractivity contribution is -0.116. The van der Waals surface area contributed by atoms with Crippen molar-refractivity contribution in [3.63, 3.8) is 0 Å². The molecule has 1 aliphatic rings. The second-order valence-corrected chi connectivity index (χ2v) is 10.5. The Morgan fingerprint density at radius 1 is 1.48 bits per heavy atom. The van der Waals surface area contributed by atoms with Gasteiger partial charge in [-0.2, -0.15) is 4.98 Å². The third-order valence-corrected chi connectivity index (χ3v) is 7.16. The molecule has 3 N–H and O–H groups in total. The van der Waals surface area contributed by atoms with E-state index >= 15 is 0 Å². The first kappa shape index (κ1) is 22.2. The van der Waals surface area contributed by atoms with Crippen molar-refractivity contribution >= 4 is 33.3 Å². The van der Waals surface area contributed by atoms with Crippen molar-refractivity contribution in [3.8, 4) is 0 Å². The highest BCUT2D eigenvalue weighted by atomic mass is 33.1. The number of anilines is 1. The largest absolute Gasteiger partial charge is 0.394 e. The number of aliphatic hydroxyl groups is 2. The van der Waals surface area contributed by atoms with Crippen LogP contribution in [0.25, 0.3) is 0 Å². The lowest BCUT2D eigenvalue weighted by atomic mass is 10.2. The molecule has 10 heteroatoms. The maximum atomic E-state index is 12.2. The topological polar surface area (TPSA) is 114 Å². The van der Waals surface area contributed by atoms with E-state index in [1.165, 1.54) is 16.8 Å². The van der Waals surface area contributed by atoms with Gasteiger partial charge in [-0.05, 0) is 12.5 Å². The van der Waals surface area contributed by atoms with Crippen LogP contribution in [0, 0.1) is 0 Å². The number of hydrogen-bond donors (Lipinski definition) is 3. The first-order valence-electron chi connectivity index (χ1n) is 8.83. The average molecular weight is 418 g/mol. The summed E-state index contributed by atoms with van der Waals surface area (Å²) < 4.78 is 6.88. The van der Waals surface area contributed by atoms with Gasteiger partial charge in [-0.1, -0.05) is 42.4 Å². The molecule has 1 unspecified atom stereocenters. The van der Waals surface area contributed by atoms with Gasteiger partial charge >= 0.3 is 5.69 Å². The molecule has 8 nitrogen and oxygen atoms in total. The average Bonchev–Trinajstić information content (AvgIpc) is 2.94. The van der Waals surface area contributed by atoms with Crippen LogP contribution in [-0.2, 0) is 9.53 Å². The van der Waals surface area contributed by atoms with Gasteiger partial charge < -0.3 is 20.3 Å². The number of nitrogens with zero attached hydrogens (tertiary/aromatic N) is 2. The SMILES string of the molecule is CC(C)(C)SSCCCC(=O)Nc1ccn([C@H]2CC(O)[C@@H](CO)O2)c(=O)n1. The molecule has 3 atom stereocenters. The molecule has 0 spiro atoms. The smallest absolute Gasteiger partial charge is 0.351 e. The van der Waals surface area contributed by atoms with E-state index < -0.39 is 24.1 Å². The van der Waals surface area contributed by atoms with E-state index in [-0.39, 0.29) is 29.5 Å². The van der Waals surface area contributed by atoms with Gasteiger partial charge in [-0.3, -0.25) is 9.36 Å². The van der Waals surface area contributed by atoms with Crippen LogP contribution in [0.3, 0.4) is 0 Å². The Kier molecular flexibility index (Phi) is 8.17. The minimum absolute atomic E-state index is 0.186. The van der Waals surface area contributed by atoms with Crippen LogP contribution in [0.4, 0.5) is 5.82 Å². The number of rotatable bonds is 8. The van der Waals surface area contributed by atoms with Crippen molar-refractivity contribution in [1.82, 2.24) is 9.55 Å². The number of carbonyl (C=O) groups is 1. The number of aromatic nitrogens is 2. The van der Waals surface area contributed by atoms with Crippen molar-refractivity contribution in [2.75, 3.05) is 17.7 Å². The van der Waals surface area contributed by atoms with E-state index in [4.69, 9.17) is 9.84 Å². The molecule has 1 saturated heterocycles. The summed E-state index contributed by atoms with van der Waals surface area (Å²) in [6.07, 6.45) is 0.544. The summed E-state index contributed by atoms with van der Waals surface area (Å²) in [5, 5.41) is 21.5. The molecule has 0 radical (unpaired) electrons. The predicted octanol–water partition coefficient (Wildman–Crippen LogP) is 1.78. The second-order valence-electron chi connectivity index (χ2n) is 7.29. The molecular formula is C17H27N3O5S2. The normalized spacial score (nSPS) is 22.8. The summed E-state index contributed by atoms with van der Waals surface area (Å²) in [7, 11) is 3.53. The Morgan fingerprint density at radius 3 is 2.81 bits per heavy atom. The van der Waals surface area contributed by atoms with E-state index in [0.29, 0.717) is 6.42 Å². The van der Waals surface area contributed by atoms with Gasteiger partial charge in [0, 0.05) is 29.5 Å². The highest BCUT2D eigenvalue weighted by Crippen LogP contribution is 2.35. The minimum atomic E-state index is -0.833. The van der Waals surface area contributed by atoms with Crippen molar-refractivity contribution in [2.45, 2.75) is 63.2 Å². The van der Waals surface area contributed by atoms with Crippen LogP contribution in [0.2, 0.25) is 0 Å². The number of ether oxygens (including phenoxy) is 1. The number of amides is 1. The molecule has 1 amide bonds. The molecule has 152 valence electrons.